The first-order valence-electron chi connectivity index (χ1n) is 8.18. The number of methoxy groups -OCH3 is 1. The van der Waals surface area contributed by atoms with Gasteiger partial charge >= 0.3 is 0 Å². The van der Waals surface area contributed by atoms with E-state index in [-0.39, 0.29) is 0 Å². The van der Waals surface area contributed by atoms with E-state index in [4.69, 9.17) is 0 Å². The highest BCUT2D eigenvalue weighted by Gasteiger charge is 2.34. The van der Waals surface area contributed by atoms with Crippen molar-refractivity contribution in [3.8, 4) is 11.4 Å². The van der Waals surface area contributed by atoms with E-state index < -0.39 is 50.0 Å². The van der Waals surface area contributed by atoms with Crippen LogP contribution in [0.25, 0.3) is 5.69 Å². The molecular formula is C18H15F4N3O3S. The lowest BCUT2D eigenvalue weighted by molar-refractivity contribution is 0.322. The number of rotatable bonds is 6. The first kappa shape index (κ1) is 20.8. The molecule has 6 nitrogen and oxygen atoms in total. The van der Waals surface area contributed by atoms with E-state index in [1.54, 1.807) is 47.6 Å². The number of imidazole rings is 1. The lowest BCUT2D eigenvalue weighted by Gasteiger charge is -2.17. The third kappa shape index (κ3) is 3.83. The van der Waals surface area contributed by atoms with Crippen LogP contribution < -0.4 is 9.46 Å². The topological polar surface area (TPSA) is 73.2 Å². The minimum absolute atomic E-state index is 0.452. The number of aromatic nitrogens is 2. The van der Waals surface area contributed by atoms with Gasteiger partial charge in [0.2, 0.25) is 21.7 Å². The fourth-order valence-corrected chi connectivity index (χ4v) is 4.08. The Kier molecular flexibility index (Phi) is 5.62. The summed E-state index contributed by atoms with van der Waals surface area (Å²) in [6.45, 7) is 1.41. The van der Waals surface area contributed by atoms with Gasteiger partial charge in [-0.05, 0) is 24.6 Å². The van der Waals surface area contributed by atoms with Crippen molar-refractivity contribution in [3.63, 3.8) is 0 Å². The summed E-state index contributed by atoms with van der Waals surface area (Å²) in [5.41, 5.74) is 1.20. The summed E-state index contributed by atoms with van der Waals surface area (Å²) in [5, 5.41) is 0. The van der Waals surface area contributed by atoms with Gasteiger partial charge in [0.25, 0.3) is 0 Å². The van der Waals surface area contributed by atoms with Crippen LogP contribution in [0, 0.1) is 23.3 Å². The van der Waals surface area contributed by atoms with Crippen molar-refractivity contribution >= 4 is 10.0 Å². The fraction of sp³-hybridized carbons (Fsp3) is 0.167. The normalized spacial score (nSPS) is 12.8. The summed E-state index contributed by atoms with van der Waals surface area (Å²) in [4.78, 5) is 2.16. The monoisotopic (exact) mass is 429 g/mol. The number of ether oxygens (including phenoxy) is 1. The lowest BCUT2D eigenvalue weighted by atomic mass is 10.1. The Morgan fingerprint density at radius 2 is 1.62 bits per heavy atom. The summed E-state index contributed by atoms with van der Waals surface area (Å²) in [7, 11) is -4.15. The molecule has 0 aliphatic heterocycles. The van der Waals surface area contributed by atoms with Gasteiger partial charge in [-0.1, -0.05) is 12.1 Å². The van der Waals surface area contributed by atoms with Crippen LogP contribution >= 0.6 is 0 Å². The van der Waals surface area contributed by atoms with Gasteiger partial charge in [0.15, 0.2) is 22.3 Å². The molecule has 1 atom stereocenters. The first-order valence-corrected chi connectivity index (χ1v) is 9.66. The molecule has 154 valence electrons. The number of halogens is 4. The Bertz CT molecular complexity index is 1110. The number of sulfonamides is 1. The maximum absolute atomic E-state index is 14.2. The maximum Gasteiger partial charge on any atom is 0.247 e. The molecule has 3 rings (SSSR count). The molecule has 0 fully saturated rings. The quantitative estimate of drug-likeness (QED) is 0.481. The molecule has 1 N–H and O–H groups in total. The van der Waals surface area contributed by atoms with E-state index in [0.717, 1.165) is 12.8 Å². The van der Waals surface area contributed by atoms with E-state index >= 15 is 0 Å². The lowest BCUT2D eigenvalue weighted by Crippen LogP contribution is -2.29. The van der Waals surface area contributed by atoms with Crippen molar-refractivity contribution in [2.45, 2.75) is 17.9 Å². The average molecular weight is 429 g/mol. The van der Waals surface area contributed by atoms with Gasteiger partial charge in [0, 0.05) is 24.1 Å². The van der Waals surface area contributed by atoms with Crippen LogP contribution in [0.5, 0.6) is 5.75 Å². The summed E-state index contributed by atoms with van der Waals surface area (Å²) in [5.74, 6) is -9.37. The first-order chi connectivity index (χ1) is 13.7. The number of hydrogen-bond donors (Lipinski definition) is 1. The standard InChI is InChI=1S/C18H15F4N3O3S/c1-10(11-3-5-12(6-4-11)25-8-7-23-9-25)24-29(26,27)18-15(21)13(19)17(28-2)14(20)16(18)22/h3-10,24H,1-2H3/t10-/m1/s1. The van der Waals surface area contributed by atoms with Crippen molar-refractivity contribution in [1.82, 2.24) is 14.3 Å². The molecule has 1 aromatic heterocycles. The van der Waals surface area contributed by atoms with Crippen LogP contribution in [0.4, 0.5) is 17.6 Å². The SMILES string of the molecule is COc1c(F)c(F)c(S(=O)(=O)N[C@H](C)c2ccc(-n3ccnc3)cc2)c(F)c1F. The molecule has 0 saturated heterocycles. The van der Waals surface area contributed by atoms with Crippen LogP contribution in [0.15, 0.2) is 47.9 Å². The van der Waals surface area contributed by atoms with E-state index in [2.05, 4.69) is 9.72 Å². The van der Waals surface area contributed by atoms with Crippen molar-refractivity contribution in [1.29, 1.82) is 0 Å². The zero-order valence-electron chi connectivity index (χ0n) is 15.2. The second-order valence-electron chi connectivity index (χ2n) is 6.02. The van der Waals surface area contributed by atoms with Crippen molar-refractivity contribution in [3.05, 3.63) is 71.8 Å². The highest BCUT2D eigenvalue weighted by molar-refractivity contribution is 7.89. The zero-order chi connectivity index (χ0) is 21.3. The summed E-state index contributed by atoms with van der Waals surface area (Å²) in [6.07, 6.45) is 4.86. The van der Waals surface area contributed by atoms with E-state index in [1.165, 1.54) is 6.92 Å². The van der Waals surface area contributed by atoms with Crippen LogP contribution in [-0.2, 0) is 10.0 Å². The molecule has 0 saturated carbocycles. The highest BCUT2D eigenvalue weighted by atomic mass is 32.2. The van der Waals surface area contributed by atoms with Crippen LogP contribution in [0.2, 0.25) is 0 Å². The average Bonchev–Trinajstić information content (AvgIpc) is 3.21. The molecule has 29 heavy (non-hydrogen) atoms. The third-order valence-electron chi connectivity index (χ3n) is 4.18. The molecule has 1 heterocycles. The molecule has 3 aromatic rings. The van der Waals surface area contributed by atoms with Gasteiger partial charge in [-0.3, -0.25) is 0 Å². The largest absolute Gasteiger partial charge is 0.491 e. The molecule has 0 bridgehead atoms. The van der Waals surface area contributed by atoms with E-state index in [9.17, 15) is 26.0 Å². The minimum Gasteiger partial charge on any atom is -0.491 e. The smallest absolute Gasteiger partial charge is 0.247 e. The number of nitrogens with one attached hydrogen (secondary N) is 1. The summed E-state index contributed by atoms with van der Waals surface area (Å²) in [6, 6.07) is 5.57. The van der Waals surface area contributed by atoms with Crippen molar-refractivity contribution < 1.29 is 30.7 Å². The Labute approximate surface area is 163 Å². The molecule has 0 amide bonds. The van der Waals surface area contributed by atoms with Gasteiger partial charge in [-0.15, -0.1) is 0 Å². The number of benzene rings is 2. The van der Waals surface area contributed by atoms with Crippen molar-refractivity contribution in [2.75, 3.05) is 7.11 Å². The van der Waals surface area contributed by atoms with Crippen molar-refractivity contribution in [2.24, 2.45) is 0 Å². The highest BCUT2D eigenvalue weighted by Crippen LogP contribution is 2.32. The second kappa shape index (κ2) is 7.84. The zero-order valence-corrected chi connectivity index (χ0v) is 16.0. The van der Waals surface area contributed by atoms with Gasteiger partial charge in [-0.25, -0.2) is 26.9 Å². The molecule has 0 unspecified atom stereocenters. The summed E-state index contributed by atoms with van der Waals surface area (Å²) >= 11 is 0. The number of nitrogens with zero attached hydrogens (tertiary/aromatic N) is 2. The Hall–Kier alpha value is -2.92. The van der Waals surface area contributed by atoms with Gasteiger partial charge in [0.1, 0.15) is 0 Å². The van der Waals surface area contributed by atoms with Gasteiger partial charge in [0.05, 0.1) is 13.4 Å². The predicted molar refractivity (Wildman–Crippen MR) is 95.1 cm³/mol. The molecule has 11 heteroatoms. The van der Waals surface area contributed by atoms with Gasteiger partial charge in [-0.2, -0.15) is 8.78 Å². The van der Waals surface area contributed by atoms with E-state index in [0.29, 0.717) is 5.56 Å². The Morgan fingerprint density at radius 3 is 2.10 bits per heavy atom. The Morgan fingerprint density at radius 1 is 1.03 bits per heavy atom. The van der Waals surface area contributed by atoms with Crippen LogP contribution in [-0.4, -0.2) is 25.1 Å². The van der Waals surface area contributed by atoms with Crippen LogP contribution in [0.3, 0.4) is 0 Å². The van der Waals surface area contributed by atoms with E-state index in [1.807, 2.05) is 4.72 Å². The molecular weight excluding hydrogens is 414 g/mol. The molecule has 0 aliphatic carbocycles. The van der Waals surface area contributed by atoms with Gasteiger partial charge < -0.3 is 9.30 Å². The minimum atomic E-state index is -4.94. The summed E-state index contributed by atoms with van der Waals surface area (Å²) < 4.78 is 88.9. The fourth-order valence-electron chi connectivity index (χ4n) is 2.71. The van der Waals surface area contributed by atoms with Crippen LogP contribution in [0.1, 0.15) is 18.5 Å². The predicted octanol–water partition coefficient (Wildman–Crippen LogP) is 3.48. The third-order valence-corrected chi connectivity index (χ3v) is 5.74. The number of hydrogen-bond acceptors (Lipinski definition) is 4. The maximum atomic E-state index is 14.2. The molecule has 0 aliphatic rings. The molecule has 2 aromatic carbocycles. The molecule has 0 radical (unpaired) electrons. The molecule has 0 spiro atoms. The second-order valence-corrected chi connectivity index (χ2v) is 7.67. The Balaban J connectivity index is 1.92.